The molecule has 2 atom stereocenters. The second kappa shape index (κ2) is 3.69. The summed E-state index contributed by atoms with van der Waals surface area (Å²) in [6.07, 6.45) is 0.514. The summed E-state index contributed by atoms with van der Waals surface area (Å²) in [5.74, 6) is -1.47. The van der Waals surface area contributed by atoms with Gasteiger partial charge in [0.05, 0.1) is 12.5 Å². The minimum Gasteiger partial charge on any atom is -0.481 e. The third kappa shape index (κ3) is 1.91. The molecule has 11 heavy (non-hydrogen) atoms. The Morgan fingerprint density at radius 1 is 1.64 bits per heavy atom. The molecule has 1 heterocycles. The van der Waals surface area contributed by atoms with Gasteiger partial charge in [-0.05, 0) is 6.42 Å². The summed E-state index contributed by atoms with van der Waals surface area (Å²) in [5.41, 5.74) is 0. The third-order valence-corrected chi connectivity index (χ3v) is 2.03. The van der Waals surface area contributed by atoms with Crippen LogP contribution in [0, 0.1) is 11.8 Å². The van der Waals surface area contributed by atoms with Crippen molar-refractivity contribution in [2.75, 3.05) is 19.8 Å². The van der Waals surface area contributed by atoms with Gasteiger partial charge >= 0.3 is 5.97 Å². The Kier molecular flexibility index (Phi) is 2.84. The van der Waals surface area contributed by atoms with Crippen LogP contribution >= 0.6 is 0 Å². The molecule has 0 aromatic rings. The van der Waals surface area contributed by atoms with E-state index in [4.69, 9.17) is 14.9 Å². The number of aliphatic carboxylic acids is 1. The van der Waals surface area contributed by atoms with E-state index in [-0.39, 0.29) is 12.5 Å². The molecule has 0 spiro atoms. The number of carbonyl (C=O) groups is 1. The van der Waals surface area contributed by atoms with Gasteiger partial charge in [-0.25, -0.2) is 0 Å². The summed E-state index contributed by atoms with van der Waals surface area (Å²) in [4.78, 5) is 10.6. The monoisotopic (exact) mass is 160 g/mol. The first-order chi connectivity index (χ1) is 5.25. The number of aliphatic hydroxyl groups is 1. The van der Waals surface area contributed by atoms with E-state index < -0.39 is 11.9 Å². The van der Waals surface area contributed by atoms with Crippen LogP contribution in [0.4, 0.5) is 0 Å². The van der Waals surface area contributed by atoms with E-state index in [2.05, 4.69) is 0 Å². The van der Waals surface area contributed by atoms with Crippen LogP contribution in [-0.2, 0) is 9.53 Å². The molecule has 1 aliphatic heterocycles. The van der Waals surface area contributed by atoms with Crippen molar-refractivity contribution in [2.24, 2.45) is 11.8 Å². The summed E-state index contributed by atoms with van der Waals surface area (Å²) in [6, 6.07) is 0. The molecule has 0 radical (unpaired) electrons. The van der Waals surface area contributed by atoms with E-state index in [0.29, 0.717) is 19.6 Å². The van der Waals surface area contributed by atoms with Crippen molar-refractivity contribution < 1.29 is 19.7 Å². The summed E-state index contributed by atoms with van der Waals surface area (Å²) in [7, 11) is 0. The van der Waals surface area contributed by atoms with Crippen LogP contribution in [0.1, 0.15) is 6.42 Å². The van der Waals surface area contributed by atoms with Gasteiger partial charge in [0.25, 0.3) is 0 Å². The van der Waals surface area contributed by atoms with Crippen molar-refractivity contribution in [1.29, 1.82) is 0 Å². The summed E-state index contributed by atoms with van der Waals surface area (Å²) < 4.78 is 5.03. The minimum absolute atomic E-state index is 0.100. The fourth-order valence-corrected chi connectivity index (χ4v) is 1.30. The predicted octanol–water partition coefficient (Wildman–Crippen LogP) is -0.284. The molecule has 1 rings (SSSR count). The number of aliphatic hydroxyl groups excluding tert-OH is 1. The molecular weight excluding hydrogens is 148 g/mol. The Morgan fingerprint density at radius 3 is 2.82 bits per heavy atom. The van der Waals surface area contributed by atoms with Crippen LogP contribution < -0.4 is 0 Å². The molecule has 0 bridgehead atoms. The van der Waals surface area contributed by atoms with Crippen molar-refractivity contribution in [2.45, 2.75) is 6.42 Å². The highest BCUT2D eigenvalue weighted by atomic mass is 16.5. The van der Waals surface area contributed by atoms with Gasteiger partial charge in [0, 0.05) is 19.1 Å². The van der Waals surface area contributed by atoms with E-state index in [1.807, 2.05) is 0 Å². The lowest BCUT2D eigenvalue weighted by atomic mass is 9.89. The van der Waals surface area contributed by atoms with Crippen LogP contribution in [0.3, 0.4) is 0 Å². The highest BCUT2D eigenvalue weighted by Crippen LogP contribution is 2.21. The summed E-state index contributed by atoms with van der Waals surface area (Å²) in [6.45, 7) is 0.762. The lowest BCUT2D eigenvalue weighted by Crippen LogP contribution is -2.35. The number of carboxylic acids is 1. The number of hydrogen-bond acceptors (Lipinski definition) is 3. The molecule has 64 valence electrons. The zero-order chi connectivity index (χ0) is 8.27. The molecule has 4 nitrogen and oxygen atoms in total. The zero-order valence-electron chi connectivity index (χ0n) is 6.19. The van der Waals surface area contributed by atoms with Crippen LogP contribution in [0.2, 0.25) is 0 Å². The maximum atomic E-state index is 10.6. The average Bonchev–Trinajstić information content (AvgIpc) is 2.04. The molecule has 4 heteroatoms. The molecule has 1 saturated heterocycles. The van der Waals surface area contributed by atoms with E-state index in [1.165, 1.54) is 0 Å². The van der Waals surface area contributed by atoms with Crippen molar-refractivity contribution in [3.05, 3.63) is 0 Å². The Morgan fingerprint density at radius 2 is 2.36 bits per heavy atom. The molecule has 0 unspecified atom stereocenters. The minimum atomic E-state index is -0.827. The first-order valence-corrected chi connectivity index (χ1v) is 3.67. The van der Waals surface area contributed by atoms with Crippen LogP contribution in [0.15, 0.2) is 0 Å². The van der Waals surface area contributed by atoms with Gasteiger partial charge in [-0.15, -0.1) is 0 Å². The van der Waals surface area contributed by atoms with Crippen molar-refractivity contribution >= 4 is 5.97 Å². The lowest BCUT2D eigenvalue weighted by molar-refractivity contribution is -0.149. The van der Waals surface area contributed by atoms with Crippen LogP contribution in [0.5, 0.6) is 0 Å². The quantitative estimate of drug-likeness (QED) is 0.582. The third-order valence-electron chi connectivity index (χ3n) is 2.03. The first kappa shape index (κ1) is 8.49. The predicted molar refractivity (Wildman–Crippen MR) is 37.1 cm³/mol. The maximum Gasteiger partial charge on any atom is 0.307 e. The fourth-order valence-electron chi connectivity index (χ4n) is 1.30. The fraction of sp³-hybridized carbons (Fsp3) is 0.857. The normalized spacial score (nSPS) is 31.7. The van der Waals surface area contributed by atoms with Crippen LogP contribution in [-0.4, -0.2) is 36.0 Å². The summed E-state index contributed by atoms with van der Waals surface area (Å²) in [5, 5.41) is 17.4. The topological polar surface area (TPSA) is 66.8 Å². The molecule has 1 aliphatic rings. The van der Waals surface area contributed by atoms with Gasteiger partial charge in [0.2, 0.25) is 0 Å². The van der Waals surface area contributed by atoms with Gasteiger partial charge in [0.1, 0.15) is 0 Å². The molecule has 1 fully saturated rings. The maximum absolute atomic E-state index is 10.6. The van der Waals surface area contributed by atoms with E-state index in [9.17, 15) is 4.79 Å². The van der Waals surface area contributed by atoms with Gasteiger partial charge in [-0.1, -0.05) is 0 Å². The van der Waals surface area contributed by atoms with E-state index in [0.717, 1.165) is 0 Å². The highest BCUT2D eigenvalue weighted by molar-refractivity contribution is 5.70. The molecule has 0 aromatic carbocycles. The van der Waals surface area contributed by atoms with Crippen molar-refractivity contribution in [1.82, 2.24) is 0 Å². The average molecular weight is 160 g/mol. The van der Waals surface area contributed by atoms with Gasteiger partial charge in [-0.3, -0.25) is 4.79 Å². The van der Waals surface area contributed by atoms with Gasteiger partial charge < -0.3 is 14.9 Å². The number of carboxylic acid groups (broad SMARTS) is 1. The number of ether oxygens (including phenoxy) is 1. The molecule has 2 N–H and O–H groups in total. The summed E-state index contributed by atoms with van der Waals surface area (Å²) >= 11 is 0. The lowest BCUT2D eigenvalue weighted by Gasteiger charge is -2.26. The number of hydrogen-bond donors (Lipinski definition) is 2. The zero-order valence-corrected chi connectivity index (χ0v) is 6.19. The second-order valence-electron chi connectivity index (χ2n) is 2.75. The van der Waals surface area contributed by atoms with E-state index in [1.54, 1.807) is 0 Å². The standard InChI is InChI=1S/C7H12O4/c8-3-5-4-11-2-1-6(5)7(9)10/h5-6,8H,1-4H2,(H,9,10)/t5-,6-/m1/s1. The van der Waals surface area contributed by atoms with Crippen molar-refractivity contribution in [3.63, 3.8) is 0 Å². The molecule has 0 amide bonds. The molecule has 0 aromatic heterocycles. The van der Waals surface area contributed by atoms with Gasteiger partial charge in [-0.2, -0.15) is 0 Å². The Hall–Kier alpha value is -0.610. The largest absolute Gasteiger partial charge is 0.481 e. The molecular formula is C7H12O4. The SMILES string of the molecule is O=C(O)[C@@H]1CCOC[C@H]1CO. The van der Waals surface area contributed by atoms with E-state index >= 15 is 0 Å². The first-order valence-electron chi connectivity index (χ1n) is 3.67. The van der Waals surface area contributed by atoms with Gasteiger partial charge in [0.15, 0.2) is 0 Å². The number of rotatable bonds is 2. The Balaban J connectivity index is 2.51. The smallest absolute Gasteiger partial charge is 0.307 e. The second-order valence-corrected chi connectivity index (χ2v) is 2.75. The highest BCUT2D eigenvalue weighted by Gasteiger charge is 2.30. The Bertz CT molecular complexity index is 145. The Labute approximate surface area is 64.8 Å². The van der Waals surface area contributed by atoms with Crippen LogP contribution in [0.25, 0.3) is 0 Å². The van der Waals surface area contributed by atoms with Crippen molar-refractivity contribution in [3.8, 4) is 0 Å². The molecule has 0 saturated carbocycles. The molecule has 0 aliphatic carbocycles.